The fourth-order valence-corrected chi connectivity index (χ4v) is 3.02. The van der Waals surface area contributed by atoms with Gasteiger partial charge in [-0.05, 0) is 18.4 Å². The van der Waals surface area contributed by atoms with Crippen molar-refractivity contribution in [1.82, 2.24) is 10.3 Å². The van der Waals surface area contributed by atoms with Gasteiger partial charge in [0.15, 0.2) is 0 Å². The fraction of sp³-hybridized carbons (Fsp3) is 0.412. The number of aryl methyl sites for hydroxylation is 1. The van der Waals surface area contributed by atoms with Crippen LogP contribution in [0.25, 0.3) is 0 Å². The SMILES string of the molecule is CC(C)c1csc(CCC(=O)NC(C)c2ccccc2)n1. The van der Waals surface area contributed by atoms with Gasteiger partial charge in [-0.1, -0.05) is 44.2 Å². The first-order chi connectivity index (χ1) is 10.1. The second-order valence-corrected chi connectivity index (χ2v) is 6.46. The molecule has 0 saturated heterocycles. The summed E-state index contributed by atoms with van der Waals surface area (Å²) in [6.45, 7) is 6.27. The van der Waals surface area contributed by atoms with Gasteiger partial charge in [-0.15, -0.1) is 11.3 Å². The Kier molecular flexibility index (Phi) is 5.51. The quantitative estimate of drug-likeness (QED) is 0.873. The molecule has 4 heteroatoms. The minimum atomic E-state index is 0.0428. The third-order valence-electron chi connectivity index (χ3n) is 3.40. The molecule has 1 unspecified atom stereocenters. The van der Waals surface area contributed by atoms with E-state index in [1.54, 1.807) is 11.3 Å². The molecule has 0 spiro atoms. The zero-order valence-electron chi connectivity index (χ0n) is 12.8. The zero-order valence-corrected chi connectivity index (χ0v) is 13.6. The monoisotopic (exact) mass is 302 g/mol. The molecule has 1 atom stereocenters. The second kappa shape index (κ2) is 7.36. The Labute approximate surface area is 130 Å². The highest BCUT2D eigenvalue weighted by molar-refractivity contribution is 7.09. The van der Waals surface area contributed by atoms with Crippen molar-refractivity contribution in [3.05, 3.63) is 52.0 Å². The van der Waals surface area contributed by atoms with E-state index in [0.717, 1.165) is 16.3 Å². The van der Waals surface area contributed by atoms with Gasteiger partial charge < -0.3 is 5.32 Å². The van der Waals surface area contributed by atoms with Crippen LogP contribution < -0.4 is 5.32 Å². The third kappa shape index (κ3) is 4.67. The zero-order chi connectivity index (χ0) is 15.2. The van der Waals surface area contributed by atoms with Crippen molar-refractivity contribution in [3.63, 3.8) is 0 Å². The van der Waals surface area contributed by atoms with Crippen molar-refractivity contribution >= 4 is 17.2 Å². The molecule has 1 aromatic carbocycles. The van der Waals surface area contributed by atoms with Gasteiger partial charge >= 0.3 is 0 Å². The van der Waals surface area contributed by atoms with Crippen LogP contribution in [-0.2, 0) is 11.2 Å². The van der Waals surface area contributed by atoms with Crippen molar-refractivity contribution in [2.45, 2.75) is 45.6 Å². The molecule has 21 heavy (non-hydrogen) atoms. The van der Waals surface area contributed by atoms with Gasteiger partial charge in [0.05, 0.1) is 16.7 Å². The van der Waals surface area contributed by atoms with Crippen molar-refractivity contribution in [3.8, 4) is 0 Å². The second-order valence-electron chi connectivity index (χ2n) is 5.52. The minimum Gasteiger partial charge on any atom is -0.350 e. The van der Waals surface area contributed by atoms with Crippen LogP contribution >= 0.6 is 11.3 Å². The Bertz CT molecular complexity index is 577. The number of benzene rings is 1. The number of hydrogen-bond acceptors (Lipinski definition) is 3. The van der Waals surface area contributed by atoms with Gasteiger partial charge in [0.1, 0.15) is 0 Å². The lowest BCUT2D eigenvalue weighted by molar-refractivity contribution is -0.121. The van der Waals surface area contributed by atoms with E-state index >= 15 is 0 Å². The number of thiazole rings is 1. The van der Waals surface area contributed by atoms with Gasteiger partial charge in [0.2, 0.25) is 5.91 Å². The van der Waals surface area contributed by atoms with Crippen LogP contribution in [0.15, 0.2) is 35.7 Å². The summed E-state index contributed by atoms with van der Waals surface area (Å²) in [6.07, 6.45) is 1.20. The lowest BCUT2D eigenvalue weighted by Gasteiger charge is -2.13. The van der Waals surface area contributed by atoms with Crippen LogP contribution in [0.3, 0.4) is 0 Å². The fourth-order valence-electron chi connectivity index (χ4n) is 2.06. The van der Waals surface area contributed by atoms with Crippen LogP contribution in [0.4, 0.5) is 0 Å². The van der Waals surface area contributed by atoms with Gasteiger partial charge in [-0.2, -0.15) is 0 Å². The molecule has 0 fully saturated rings. The maximum Gasteiger partial charge on any atom is 0.220 e. The molecule has 0 radical (unpaired) electrons. The molecule has 2 aromatic rings. The molecule has 0 saturated carbocycles. The van der Waals surface area contributed by atoms with Gasteiger partial charge in [-0.3, -0.25) is 4.79 Å². The van der Waals surface area contributed by atoms with Crippen molar-refractivity contribution < 1.29 is 4.79 Å². The molecule has 1 amide bonds. The molecule has 1 aromatic heterocycles. The van der Waals surface area contributed by atoms with E-state index in [0.29, 0.717) is 18.8 Å². The first-order valence-corrected chi connectivity index (χ1v) is 8.23. The number of carbonyl (C=O) groups excluding carboxylic acids is 1. The Morgan fingerprint density at radius 2 is 1.95 bits per heavy atom. The van der Waals surface area contributed by atoms with E-state index in [-0.39, 0.29) is 11.9 Å². The van der Waals surface area contributed by atoms with E-state index in [1.807, 2.05) is 37.3 Å². The lowest BCUT2D eigenvalue weighted by atomic mass is 10.1. The summed E-state index contributed by atoms with van der Waals surface area (Å²) >= 11 is 1.64. The number of aromatic nitrogens is 1. The molecular formula is C17H22N2OS. The largest absolute Gasteiger partial charge is 0.350 e. The lowest BCUT2D eigenvalue weighted by Crippen LogP contribution is -2.26. The maximum atomic E-state index is 12.0. The predicted octanol–water partition coefficient (Wildman–Crippen LogP) is 4.08. The number of carbonyl (C=O) groups is 1. The summed E-state index contributed by atoms with van der Waals surface area (Å²) in [6, 6.07) is 10.1. The number of hydrogen-bond donors (Lipinski definition) is 1. The van der Waals surface area contributed by atoms with Crippen LogP contribution in [-0.4, -0.2) is 10.9 Å². The normalized spacial score (nSPS) is 12.4. The van der Waals surface area contributed by atoms with E-state index in [1.165, 1.54) is 0 Å². The third-order valence-corrected chi connectivity index (χ3v) is 4.33. The number of amides is 1. The van der Waals surface area contributed by atoms with Crippen molar-refractivity contribution in [1.29, 1.82) is 0 Å². The number of nitrogens with zero attached hydrogens (tertiary/aromatic N) is 1. The highest BCUT2D eigenvalue weighted by atomic mass is 32.1. The highest BCUT2D eigenvalue weighted by Crippen LogP contribution is 2.19. The van der Waals surface area contributed by atoms with Crippen molar-refractivity contribution in [2.24, 2.45) is 0 Å². The summed E-state index contributed by atoms with van der Waals surface area (Å²) in [5.74, 6) is 0.523. The first kappa shape index (κ1) is 15.7. The van der Waals surface area contributed by atoms with Crippen LogP contribution in [0.5, 0.6) is 0 Å². The Morgan fingerprint density at radius 1 is 1.24 bits per heavy atom. The molecule has 0 bridgehead atoms. The minimum absolute atomic E-state index is 0.0428. The van der Waals surface area contributed by atoms with Gasteiger partial charge in [0.25, 0.3) is 0 Å². The smallest absolute Gasteiger partial charge is 0.220 e. The van der Waals surface area contributed by atoms with E-state index < -0.39 is 0 Å². The number of rotatable bonds is 6. The molecule has 112 valence electrons. The molecule has 1 N–H and O–H groups in total. The van der Waals surface area contributed by atoms with Gasteiger partial charge in [-0.25, -0.2) is 4.98 Å². The van der Waals surface area contributed by atoms with Crippen LogP contribution in [0.2, 0.25) is 0 Å². The van der Waals surface area contributed by atoms with E-state index in [2.05, 4.69) is 29.5 Å². The van der Waals surface area contributed by atoms with Gasteiger partial charge in [0, 0.05) is 18.2 Å². The molecule has 3 nitrogen and oxygen atoms in total. The maximum absolute atomic E-state index is 12.0. The van der Waals surface area contributed by atoms with E-state index in [9.17, 15) is 4.79 Å². The standard InChI is InChI=1S/C17H22N2OS/c1-12(2)15-11-21-17(19-15)10-9-16(20)18-13(3)14-7-5-4-6-8-14/h4-8,11-13H,9-10H2,1-3H3,(H,18,20). The molecular weight excluding hydrogens is 280 g/mol. The average Bonchev–Trinajstić information content (AvgIpc) is 2.95. The van der Waals surface area contributed by atoms with Crippen LogP contribution in [0.1, 0.15) is 55.4 Å². The first-order valence-electron chi connectivity index (χ1n) is 7.35. The number of nitrogens with one attached hydrogen (secondary N) is 1. The Morgan fingerprint density at radius 3 is 2.57 bits per heavy atom. The molecule has 0 aliphatic heterocycles. The van der Waals surface area contributed by atoms with E-state index in [4.69, 9.17) is 0 Å². The highest BCUT2D eigenvalue weighted by Gasteiger charge is 2.11. The topological polar surface area (TPSA) is 42.0 Å². The summed E-state index contributed by atoms with van der Waals surface area (Å²) in [7, 11) is 0. The molecule has 2 rings (SSSR count). The van der Waals surface area contributed by atoms with Crippen LogP contribution in [0, 0.1) is 0 Å². The Hall–Kier alpha value is -1.68. The summed E-state index contributed by atoms with van der Waals surface area (Å²) in [4.78, 5) is 16.6. The molecule has 0 aliphatic carbocycles. The Balaban J connectivity index is 1.82. The molecule has 1 heterocycles. The average molecular weight is 302 g/mol. The summed E-state index contributed by atoms with van der Waals surface area (Å²) in [5, 5.41) is 6.16. The predicted molar refractivity (Wildman–Crippen MR) is 87.5 cm³/mol. The molecule has 0 aliphatic rings. The van der Waals surface area contributed by atoms with Crippen molar-refractivity contribution in [2.75, 3.05) is 0 Å². The summed E-state index contributed by atoms with van der Waals surface area (Å²) < 4.78 is 0. The summed E-state index contributed by atoms with van der Waals surface area (Å²) in [5.41, 5.74) is 2.25.